The van der Waals surface area contributed by atoms with Gasteiger partial charge in [-0.3, -0.25) is 9.89 Å². The van der Waals surface area contributed by atoms with Crippen LogP contribution in [0.1, 0.15) is 40.5 Å². The highest BCUT2D eigenvalue weighted by atomic mass is 15.3. The zero-order valence-electron chi connectivity index (χ0n) is 12.5. The van der Waals surface area contributed by atoms with Gasteiger partial charge in [-0.05, 0) is 39.2 Å². The van der Waals surface area contributed by atoms with Crippen LogP contribution in [0.15, 0.2) is 4.99 Å². The minimum Gasteiger partial charge on any atom is -0.370 e. The Hall–Kier alpha value is -0.770. The van der Waals surface area contributed by atoms with E-state index in [1.165, 1.54) is 12.8 Å². The molecule has 0 aromatic carbocycles. The Morgan fingerprint density at radius 3 is 2.78 bits per heavy atom. The van der Waals surface area contributed by atoms with Crippen molar-refractivity contribution in [2.24, 2.45) is 16.6 Å². The van der Waals surface area contributed by atoms with E-state index in [9.17, 15) is 0 Å². The minimum atomic E-state index is 0.585. The molecular formula is C14H30N4. The number of likely N-dealkylation sites (N-methyl/N-ethyl adjacent to an activating group) is 1. The van der Waals surface area contributed by atoms with E-state index >= 15 is 0 Å². The Balaban J connectivity index is 2.36. The predicted molar refractivity (Wildman–Crippen MR) is 78.8 cm³/mol. The molecule has 0 amide bonds. The fraction of sp³-hybridized carbons (Fsp3) is 0.929. The molecule has 0 aromatic rings. The summed E-state index contributed by atoms with van der Waals surface area (Å²) in [7, 11) is 0. The molecular weight excluding hydrogens is 224 g/mol. The fourth-order valence-electron chi connectivity index (χ4n) is 2.57. The minimum absolute atomic E-state index is 0.585. The van der Waals surface area contributed by atoms with Crippen LogP contribution in [0.4, 0.5) is 0 Å². The van der Waals surface area contributed by atoms with Gasteiger partial charge in [0, 0.05) is 25.7 Å². The highest BCUT2D eigenvalue weighted by Crippen LogP contribution is 2.14. The smallest absolute Gasteiger partial charge is 0.191 e. The molecule has 1 saturated heterocycles. The standard InChI is InChI=1S/C14H30N4/c1-5-17(12(2)3)10-8-16-14(15)18-9-6-7-13(4)11-18/h12-13H,5-11H2,1-4H3,(H2,15,16). The van der Waals surface area contributed by atoms with Gasteiger partial charge in [0.1, 0.15) is 0 Å². The molecule has 1 unspecified atom stereocenters. The lowest BCUT2D eigenvalue weighted by molar-refractivity contribution is 0.239. The van der Waals surface area contributed by atoms with Crippen LogP contribution in [0.25, 0.3) is 0 Å². The van der Waals surface area contributed by atoms with Crippen LogP contribution in [0.2, 0.25) is 0 Å². The molecule has 1 aliphatic heterocycles. The molecule has 18 heavy (non-hydrogen) atoms. The van der Waals surface area contributed by atoms with Gasteiger partial charge >= 0.3 is 0 Å². The average molecular weight is 254 g/mol. The molecule has 1 atom stereocenters. The molecule has 0 aliphatic carbocycles. The summed E-state index contributed by atoms with van der Waals surface area (Å²) in [6.07, 6.45) is 2.56. The van der Waals surface area contributed by atoms with E-state index in [-0.39, 0.29) is 0 Å². The zero-order chi connectivity index (χ0) is 13.5. The van der Waals surface area contributed by atoms with Gasteiger partial charge in [0.25, 0.3) is 0 Å². The third kappa shape index (κ3) is 4.84. The molecule has 1 fully saturated rings. The van der Waals surface area contributed by atoms with Gasteiger partial charge in [-0.25, -0.2) is 0 Å². The van der Waals surface area contributed by atoms with Crippen LogP contribution in [-0.2, 0) is 0 Å². The van der Waals surface area contributed by atoms with Crippen molar-refractivity contribution in [1.82, 2.24) is 9.80 Å². The van der Waals surface area contributed by atoms with E-state index < -0.39 is 0 Å². The van der Waals surface area contributed by atoms with Gasteiger partial charge in [0.2, 0.25) is 0 Å². The fourth-order valence-corrected chi connectivity index (χ4v) is 2.57. The van der Waals surface area contributed by atoms with E-state index in [4.69, 9.17) is 5.73 Å². The lowest BCUT2D eigenvalue weighted by Crippen LogP contribution is -2.44. The monoisotopic (exact) mass is 254 g/mol. The summed E-state index contributed by atoms with van der Waals surface area (Å²) in [5.41, 5.74) is 6.07. The Labute approximate surface area is 112 Å². The summed E-state index contributed by atoms with van der Waals surface area (Å²) in [6, 6.07) is 0.585. The number of nitrogens with zero attached hydrogens (tertiary/aromatic N) is 3. The third-order valence-corrected chi connectivity index (χ3v) is 3.78. The first-order chi connectivity index (χ1) is 8.54. The summed E-state index contributed by atoms with van der Waals surface area (Å²) in [6.45, 7) is 14.0. The number of likely N-dealkylation sites (tertiary alicyclic amines) is 1. The maximum Gasteiger partial charge on any atom is 0.191 e. The van der Waals surface area contributed by atoms with Crippen molar-refractivity contribution in [3.05, 3.63) is 0 Å². The lowest BCUT2D eigenvalue weighted by atomic mass is 10.0. The van der Waals surface area contributed by atoms with Crippen molar-refractivity contribution in [2.45, 2.75) is 46.6 Å². The SMILES string of the molecule is CCN(CCN=C(N)N1CCCC(C)C1)C(C)C. The van der Waals surface area contributed by atoms with Crippen molar-refractivity contribution in [3.8, 4) is 0 Å². The van der Waals surface area contributed by atoms with Crippen molar-refractivity contribution >= 4 is 5.96 Å². The normalized spacial score (nSPS) is 22.0. The Morgan fingerprint density at radius 2 is 2.22 bits per heavy atom. The number of hydrogen-bond acceptors (Lipinski definition) is 2. The maximum absolute atomic E-state index is 6.07. The Bertz CT molecular complexity index is 263. The number of aliphatic imine (C=N–C) groups is 1. The van der Waals surface area contributed by atoms with Gasteiger partial charge < -0.3 is 10.6 Å². The molecule has 0 radical (unpaired) electrons. The molecule has 0 saturated carbocycles. The molecule has 1 aliphatic rings. The number of hydrogen-bond donors (Lipinski definition) is 1. The first-order valence-electron chi connectivity index (χ1n) is 7.33. The first-order valence-corrected chi connectivity index (χ1v) is 7.33. The van der Waals surface area contributed by atoms with Crippen molar-refractivity contribution in [3.63, 3.8) is 0 Å². The summed E-state index contributed by atoms with van der Waals surface area (Å²) >= 11 is 0. The zero-order valence-corrected chi connectivity index (χ0v) is 12.5. The highest BCUT2D eigenvalue weighted by Gasteiger charge is 2.17. The molecule has 0 bridgehead atoms. The second kappa shape index (κ2) is 7.62. The molecule has 4 heteroatoms. The number of piperidine rings is 1. The number of nitrogens with two attached hydrogens (primary N) is 1. The van der Waals surface area contributed by atoms with E-state index in [0.29, 0.717) is 6.04 Å². The van der Waals surface area contributed by atoms with Gasteiger partial charge in [-0.2, -0.15) is 0 Å². The average Bonchev–Trinajstić information content (AvgIpc) is 2.34. The third-order valence-electron chi connectivity index (χ3n) is 3.78. The number of rotatable bonds is 5. The maximum atomic E-state index is 6.07. The second-order valence-corrected chi connectivity index (χ2v) is 5.66. The molecule has 0 aromatic heterocycles. The second-order valence-electron chi connectivity index (χ2n) is 5.66. The van der Waals surface area contributed by atoms with Crippen molar-refractivity contribution in [2.75, 3.05) is 32.7 Å². The first kappa shape index (κ1) is 15.3. The van der Waals surface area contributed by atoms with E-state index in [1.807, 2.05) is 0 Å². The van der Waals surface area contributed by atoms with Crippen LogP contribution in [0.5, 0.6) is 0 Å². The predicted octanol–water partition coefficient (Wildman–Crippen LogP) is 1.76. The summed E-state index contributed by atoms with van der Waals surface area (Å²) in [4.78, 5) is 9.18. The molecule has 1 rings (SSSR count). The topological polar surface area (TPSA) is 44.9 Å². The quantitative estimate of drug-likeness (QED) is 0.601. The van der Waals surface area contributed by atoms with Crippen molar-refractivity contribution < 1.29 is 0 Å². The van der Waals surface area contributed by atoms with Crippen LogP contribution in [0, 0.1) is 5.92 Å². The van der Waals surface area contributed by atoms with Crippen LogP contribution < -0.4 is 5.73 Å². The van der Waals surface area contributed by atoms with Crippen molar-refractivity contribution in [1.29, 1.82) is 0 Å². The van der Waals surface area contributed by atoms with E-state index in [2.05, 4.69) is 42.5 Å². The lowest BCUT2D eigenvalue weighted by Gasteiger charge is -2.32. The van der Waals surface area contributed by atoms with Crippen LogP contribution in [-0.4, -0.2) is 54.5 Å². The highest BCUT2D eigenvalue weighted by molar-refractivity contribution is 5.78. The van der Waals surface area contributed by atoms with Gasteiger partial charge in [0.05, 0.1) is 6.54 Å². The summed E-state index contributed by atoms with van der Waals surface area (Å²) < 4.78 is 0. The molecule has 0 spiro atoms. The van der Waals surface area contributed by atoms with E-state index in [1.54, 1.807) is 0 Å². The number of guanidine groups is 1. The Morgan fingerprint density at radius 1 is 1.50 bits per heavy atom. The molecule has 2 N–H and O–H groups in total. The van der Waals surface area contributed by atoms with Crippen LogP contribution in [0.3, 0.4) is 0 Å². The summed E-state index contributed by atoms with van der Waals surface area (Å²) in [5.74, 6) is 1.48. The molecule has 1 heterocycles. The van der Waals surface area contributed by atoms with Gasteiger partial charge in [-0.1, -0.05) is 13.8 Å². The molecule has 4 nitrogen and oxygen atoms in total. The Kier molecular flexibility index (Phi) is 6.47. The summed E-state index contributed by atoms with van der Waals surface area (Å²) in [5, 5.41) is 0. The molecule has 106 valence electrons. The van der Waals surface area contributed by atoms with Crippen LogP contribution >= 0.6 is 0 Å². The van der Waals surface area contributed by atoms with Gasteiger partial charge in [-0.15, -0.1) is 0 Å². The largest absolute Gasteiger partial charge is 0.370 e. The van der Waals surface area contributed by atoms with E-state index in [0.717, 1.165) is 44.6 Å². The van der Waals surface area contributed by atoms with Gasteiger partial charge in [0.15, 0.2) is 5.96 Å².